The van der Waals surface area contributed by atoms with Crippen LogP contribution in [0, 0.1) is 5.41 Å². The Morgan fingerprint density at radius 3 is 2.67 bits per heavy atom. The first-order valence-corrected chi connectivity index (χ1v) is 9.69. The van der Waals surface area contributed by atoms with E-state index in [2.05, 4.69) is 16.7 Å². The first-order valence-electron chi connectivity index (χ1n) is 9.69. The molecule has 3 amide bonds. The molecular weight excluding hydrogens is 346 g/mol. The maximum Gasteiger partial charge on any atom is 0.258 e. The summed E-state index contributed by atoms with van der Waals surface area (Å²) in [5, 5.41) is 5.75. The number of imide groups is 1. The van der Waals surface area contributed by atoms with E-state index >= 15 is 0 Å². The average molecular weight is 369 g/mol. The van der Waals surface area contributed by atoms with Crippen LogP contribution in [-0.4, -0.2) is 48.4 Å². The van der Waals surface area contributed by atoms with Crippen LogP contribution in [0.1, 0.15) is 47.2 Å². The van der Waals surface area contributed by atoms with Crippen LogP contribution in [0.25, 0.3) is 0 Å². The second-order valence-electron chi connectivity index (χ2n) is 8.20. The molecule has 0 aliphatic carbocycles. The lowest BCUT2D eigenvalue weighted by molar-refractivity contribution is -0.136. The predicted octanol–water partition coefficient (Wildman–Crippen LogP) is 0.752. The minimum atomic E-state index is -0.586. The lowest BCUT2D eigenvalue weighted by atomic mass is 9.73. The van der Waals surface area contributed by atoms with E-state index in [9.17, 15) is 14.4 Å². The van der Waals surface area contributed by atoms with Crippen LogP contribution in [0.3, 0.4) is 0 Å². The van der Waals surface area contributed by atoms with Gasteiger partial charge < -0.3 is 15.0 Å². The zero-order valence-corrected chi connectivity index (χ0v) is 15.2. The Hall–Kier alpha value is -2.41. The van der Waals surface area contributed by atoms with Gasteiger partial charge in [-0.15, -0.1) is 0 Å². The van der Waals surface area contributed by atoms with Crippen LogP contribution in [0.15, 0.2) is 12.1 Å². The minimum Gasteiger partial charge on any atom is -0.492 e. The fraction of sp³-hybridized carbons (Fsp3) is 0.550. The molecule has 7 heteroatoms. The third-order valence-corrected chi connectivity index (χ3v) is 6.48. The van der Waals surface area contributed by atoms with Gasteiger partial charge in [-0.2, -0.15) is 0 Å². The zero-order valence-electron chi connectivity index (χ0n) is 15.2. The summed E-state index contributed by atoms with van der Waals surface area (Å²) in [6.07, 6.45) is 3.74. The van der Waals surface area contributed by atoms with E-state index in [4.69, 9.17) is 4.74 Å². The molecule has 2 fully saturated rings. The fourth-order valence-electron chi connectivity index (χ4n) is 4.93. The number of fused-ring (bicyclic) bond motifs is 3. The van der Waals surface area contributed by atoms with Gasteiger partial charge in [0.1, 0.15) is 11.8 Å². The smallest absolute Gasteiger partial charge is 0.258 e. The largest absolute Gasteiger partial charge is 0.492 e. The third kappa shape index (κ3) is 2.64. The highest BCUT2D eigenvalue weighted by Crippen LogP contribution is 2.44. The quantitative estimate of drug-likeness (QED) is 0.714. The highest BCUT2D eigenvalue weighted by Gasteiger charge is 2.44. The molecule has 2 N–H and O–H groups in total. The van der Waals surface area contributed by atoms with E-state index < -0.39 is 6.04 Å². The molecule has 2 saturated heterocycles. The summed E-state index contributed by atoms with van der Waals surface area (Å²) >= 11 is 0. The van der Waals surface area contributed by atoms with Crippen LogP contribution < -0.4 is 15.4 Å². The molecule has 7 nitrogen and oxygen atoms in total. The second kappa shape index (κ2) is 6.05. The molecule has 4 aliphatic rings. The molecule has 1 aromatic rings. The number of nitrogens with one attached hydrogen (secondary N) is 2. The van der Waals surface area contributed by atoms with Crippen molar-refractivity contribution in [3.63, 3.8) is 0 Å². The summed E-state index contributed by atoms with van der Waals surface area (Å²) in [5.74, 6) is -0.0988. The Labute approximate surface area is 157 Å². The predicted molar refractivity (Wildman–Crippen MR) is 96.2 cm³/mol. The Morgan fingerprint density at radius 2 is 1.89 bits per heavy atom. The average Bonchev–Trinajstić information content (AvgIpc) is 2.99. The summed E-state index contributed by atoms with van der Waals surface area (Å²) < 4.78 is 6.18. The fourth-order valence-corrected chi connectivity index (χ4v) is 4.93. The molecule has 1 unspecified atom stereocenters. The van der Waals surface area contributed by atoms with Gasteiger partial charge in [0.15, 0.2) is 0 Å². The van der Waals surface area contributed by atoms with E-state index in [-0.39, 0.29) is 29.6 Å². The normalized spacial score (nSPS) is 26.4. The molecule has 0 saturated carbocycles. The highest BCUT2D eigenvalue weighted by molar-refractivity contribution is 6.06. The van der Waals surface area contributed by atoms with Gasteiger partial charge in [0.05, 0.1) is 12.2 Å². The molecule has 0 radical (unpaired) electrons. The molecular formula is C20H23N3O4. The maximum absolute atomic E-state index is 13.1. The van der Waals surface area contributed by atoms with Crippen LogP contribution >= 0.6 is 0 Å². The van der Waals surface area contributed by atoms with Crippen LogP contribution in [0.2, 0.25) is 0 Å². The molecule has 142 valence electrons. The molecule has 27 heavy (non-hydrogen) atoms. The monoisotopic (exact) mass is 369 g/mol. The number of benzene rings is 1. The van der Waals surface area contributed by atoms with Gasteiger partial charge in [0.25, 0.3) is 5.91 Å². The minimum absolute atomic E-state index is 0.155. The van der Waals surface area contributed by atoms with Gasteiger partial charge in [0, 0.05) is 18.4 Å². The third-order valence-electron chi connectivity index (χ3n) is 6.48. The van der Waals surface area contributed by atoms with Crippen molar-refractivity contribution in [3.05, 3.63) is 28.8 Å². The van der Waals surface area contributed by atoms with Gasteiger partial charge in [-0.1, -0.05) is 12.1 Å². The number of carbonyl (C=O) groups is 3. The van der Waals surface area contributed by atoms with Crippen molar-refractivity contribution in [3.8, 4) is 5.75 Å². The topological polar surface area (TPSA) is 87.7 Å². The van der Waals surface area contributed by atoms with E-state index in [1.807, 2.05) is 6.07 Å². The van der Waals surface area contributed by atoms with Crippen molar-refractivity contribution in [2.24, 2.45) is 5.41 Å². The Kier molecular flexibility index (Phi) is 3.75. The van der Waals surface area contributed by atoms with Crippen molar-refractivity contribution < 1.29 is 19.1 Å². The molecule has 1 atom stereocenters. The second-order valence-corrected chi connectivity index (χ2v) is 8.20. The van der Waals surface area contributed by atoms with Gasteiger partial charge >= 0.3 is 0 Å². The van der Waals surface area contributed by atoms with Gasteiger partial charge in [0.2, 0.25) is 11.8 Å². The molecule has 1 aromatic carbocycles. The number of ether oxygens (including phenoxy) is 1. The first-order chi connectivity index (χ1) is 13.1. The van der Waals surface area contributed by atoms with Crippen molar-refractivity contribution in [1.82, 2.24) is 15.5 Å². The Bertz CT molecular complexity index is 844. The van der Waals surface area contributed by atoms with Crippen molar-refractivity contribution in [1.29, 1.82) is 0 Å². The zero-order chi connectivity index (χ0) is 18.6. The van der Waals surface area contributed by atoms with Gasteiger partial charge in [-0.25, -0.2) is 0 Å². The SMILES string of the molecule is O=C1CCC(N2Cc3ccc4c(c3C2=O)OCC2(CCNCC2)C4)C(=O)N1. The molecule has 0 aromatic heterocycles. The Morgan fingerprint density at radius 1 is 1.11 bits per heavy atom. The molecule has 0 bridgehead atoms. The summed E-state index contributed by atoms with van der Waals surface area (Å²) in [6.45, 7) is 3.05. The van der Waals surface area contributed by atoms with Gasteiger partial charge in [-0.05, 0) is 49.9 Å². The van der Waals surface area contributed by atoms with Gasteiger partial charge in [-0.3, -0.25) is 19.7 Å². The summed E-state index contributed by atoms with van der Waals surface area (Å²) in [6, 6.07) is 3.50. The molecule has 1 spiro atoms. The number of piperidine rings is 2. The maximum atomic E-state index is 13.1. The number of amides is 3. The van der Waals surface area contributed by atoms with Crippen molar-refractivity contribution >= 4 is 17.7 Å². The number of carbonyl (C=O) groups excluding carboxylic acids is 3. The van der Waals surface area contributed by atoms with E-state index in [0.29, 0.717) is 30.9 Å². The summed E-state index contributed by atoms with van der Waals surface area (Å²) in [5.41, 5.74) is 2.78. The van der Waals surface area contributed by atoms with Crippen LogP contribution in [-0.2, 0) is 22.6 Å². The van der Waals surface area contributed by atoms with E-state index in [1.165, 1.54) is 0 Å². The van der Waals surface area contributed by atoms with E-state index in [1.54, 1.807) is 4.90 Å². The van der Waals surface area contributed by atoms with Crippen LogP contribution in [0.5, 0.6) is 5.75 Å². The lowest BCUT2D eigenvalue weighted by Gasteiger charge is -2.41. The number of nitrogens with zero attached hydrogens (tertiary/aromatic N) is 1. The highest BCUT2D eigenvalue weighted by atomic mass is 16.5. The summed E-state index contributed by atoms with van der Waals surface area (Å²) in [7, 11) is 0. The van der Waals surface area contributed by atoms with Crippen molar-refractivity contribution in [2.45, 2.75) is 44.7 Å². The first kappa shape index (κ1) is 16.7. The Balaban J connectivity index is 1.43. The molecule has 4 heterocycles. The summed E-state index contributed by atoms with van der Waals surface area (Å²) in [4.78, 5) is 38.4. The lowest BCUT2D eigenvalue weighted by Crippen LogP contribution is -2.52. The molecule has 5 rings (SSSR count). The number of hydrogen-bond donors (Lipinski definition) is 2. The number of rotatable bonds is 1. The van der Waals surface area contributed by atoms with E-state index in [0.717, 1.165) is 43.5 Å². The van der Waals surface area contributed by atoms with Crippen LogP contribution in [0.4, 0.5) is 0 Å². The molecule has 4 aliphatic heterocycles. The standard InChI is InChI=1S/C20H23N3O4/c24-15-4-3-14(18(25)22-15)23-10-13-2-1-12-9-20(5-7-21-8-6-20)11-27-17(12)16(13)19(23)26/h1-2,14,21H,3-11H2,(H,22,24,25). The van der Waals surface area contributed by atoms with Crippen molar-refractivity contribution in [2.75, 3.05) is 19.7 Å². The number of hydrogen-bond acceptors (Lipinski definition) is 5.